The summed E-state index contributed by atoms with van der Waals surface area (Å²) in [6.07, 6.45) is 1.98. The molecule has 1 heterocycles. The standard InChI is InChI=1S/C19H25NO3/c1-13-5-6-14-12-19(16(21)15(14)11-13)7-9-20(10-8-19)17(22)23-18(2,3)4/h5-6,11H,7-10,12H2,1-4H3. The minimum atomic E-state index is -0.483. The molecule has 124 valence electrons. The highest BCUT2D eigenvalue weighted by atomic mass is 16.6. The minimum absolute atomic E-state index is 0.264. The Balaban J connectivity index is 1.70. The molecule has 1 aromatic rings. The van der Waals surface area contributed by atoms with Gasteiger partial charge in [0, 0.05) is 24.1 Å². The normalized spacial score (nSPS) is 19.8. The van der Waals surface area contributed by atoms with Gasteiger partial charge in [-0.1, -0.05) is 17.7 Å². The molecule has 0 unspecified atom stereocenters. The average molecular weight is 315 g/mol. The molecule has 2 aliphatic rings. The molecular weight excluding hydrogens is 290 g/mol. The number of Topliss-reactive ketones (excluding diaryl/α,β-unsaturated/α-hetero) is 1. The highest BCUT2D eigenvalue weighted by Gasteiger charge is 2.47. The van der Waals surface area contributed by atoms with Crippen molar-refractivity contribution in [3.05, 3.63) is 34.9 Å². The quantitative estimate of drug-likeness (QED) is 0.732. The molecule has 1 amide bonds. The van der Waals surface area contributed by atoms with E-state index in [1.165, 1.54) is 0 Å². The van der Waals surface area contributed by atoms with Gasteiger partial charge in [-0.25, -0.2) is 4.79 Å². The molecule has 23 heavy (non-hydrogen) atoms. The number of rotatable bonds is 0. The van der Waals surface area contributed by atoms with Crippen LogP contribution in [0.5, 0.6) is 0 Å². The van der Waals surface area contributed by atoms with E-state index in [0.29, 0.717) is 13.1 Å². The second-order valence-corrected chi connectivity index (χ2v) is 7.91. The molecule has 1 aromatic carbocycles. The monoisotopic (exact) mass is 315 g/mol. The van der Waals surface area contributed by atoms with Crippen LogP contribution in [0.15, 0.2) is 18.2 Å². The lowest BCUT2D eigenvalue weighted by Gasteiger charge is -2.38. The van der Waals surface area contributed by atoms with Crippen molar-refractivity contribution in [2.75, 3.05) is 13.1 Å². The smallest absolute Gasteiger partial charge is 0.410 e. The van der Waals surface area contributed by atoms with Crippen molar-refractivity contribution in [1.82, 2.24) is 4.90 Å². The Bertz CT molecular complexity index is 649. The maximum Gasteiger partial charge on any atom is 0.410 e. The number of fused-ring (bicyclic) bond motifs is 1. The van der Waals surface area contributed by atoms with Gasteiger partial charge in [-0.2, -0.15) is 0 Å². The van der Waals surface area contributed by atoms with E-state index in [4.69, 9.17) is 4.74 Å². The number of carbonyl (C=O) groups excluding carboxylic acids is 2. The molecule has 0 bridgehead atoms. The summed E-state index contributed by atoms with van der Waals surface area (Å²) in [4.78, 5) is 26.8. The van der Waals surface area contributed by atoms with Crippen LogP contribution < -0.4 is 0 Å². The number of ether oxygens (including phenoxy) is 1. The molecule has 4 nitrogen and oxygen atoms in total. The number of piperidine rings is 1. The number of hydrogen-bond acceptors (Lipinski definition) is 3. The summed E-state index contributed by atoms with van der Waals surface area (Å²) < 4.78 is 5.43. The Morgan fingerprint density at radius 1 is 1.22 bits per heavy atom. The predicted molar refractivity (Wildman–Crippen MR) is 88.7 cm³/mol. The molecule has 3 rings (SSSR count). The Hall–Kier alpha value is -1.84. The third-order valence-corrected chi connectivity index (χ3v) is 4.89. The third-order valence-electron chi connectivity index (χ3n) is 4.89. The van der Waals surface area contributed by atoms with Crippen molar-refractivity contribution in [2.24, 2.45) is 5.41 Å². The van der Waals surface area contributed by atoms with Crippen LogP contribution in [0.2, 0.25) is 0 Å². The zero-order chi connectivity index (χ0) is 16.8. The highest BCUT2D eigenvalue weighted by Crippen LogP contribution is 2.44. The lowest BCUT2D eigenvalue weighted by atomic mass is 9.75. The van der Waals surface area contributed by atoms with Gasteiger partial charge >= 0.3 is 6.09 Å². The van der Waals surface area contributed by atoms with Crippen LogP contribution in [0.4, 0.5) is 4.79 Å². The number of ketones is 1. The fourth-order valence-electron chi connectivity index (χ4n) is 3.63. The van der Waals surface area contributed by atoms with E-state index in [9.17, 15) is 9.59 Å². The van der Waals surface area contributed by atoms with Crippen molar-refractivity contribution in [3.63, 3.8) is 0 Å². The molecule has 1 saturated heterocycles. The molecule has 1 aliphatic carbocycles. The van der Waals surface area contributed by atoms with Crippen molar-refractivity contribution >= 4 is 11.9 Å². The zero-order valence-corrected chi connectivity index (χ0v) is 14.4. The van der Waals surface area contributed by atoms with E-state index in [0.717, 1.165) is 36.0 Å². The molecule has 0 aromatic heterocycles. The second-order valence-electron chi connectivity index (χ2n) is 7.91. The largest absolute Gasteiger partial charge is 0.444 e. The summed E-state index contributed by atoms with van der Waals surface area (Å²) in [7, 11) is 0. The molecule has 1 spiro atoms. The predicted octanol–water partition coefficient (Wildman–Crippen LogP) is 3.75. The van der Waals surface area contributed by atoms with Crippen molar-refractivity contribution < 1.29 is 14.3 Å². The molecule has 1 fully saturated rings. The van der Waals surface area contributed by atoms with Crippen LogP contribution in [0.1, 0.15) is 55.1 Å². The topological polar surface area (TPSA) is 46.6 Å². The van der Waals surface area contributed by atoms with Crippen LogP contribution >= 0.6 is 0 Å². The van der Waals surface area contributed by atoms with E-state index in [1.807, 2.05) is 33.8 Å². The molecule has 0 radical (unpaired) electrons. The fraction of sp³-hybridized carbons (Fsp3) is 0.579. The van der Waals surface area contributed by atoms with E-state index < -0.39 is 5.60 Å². The van der Waals surface area contributed by atoms with Crippen LogP contribution in [-0.2, 0) is 11.2 Å². The van der Waals surface area contributed by atoms with Gasteiger partial charge in [0.15, 0.2) is 5.78 Å². The van der Waals surface area contributed by atoms with Gasteiger partial charge in [0.25, 0.3) is 0 Å². The summed E-state index contributed by atoms with van der Waals surface area (Å²) in [5.41, 5.74) is 2.38. The maximum absolute atomic E-state index is 12.9. The number of hydrogen-bond donors (Lipinski definition) is 0. The van der Waals surface area contributed by atoms with E-state index >= 15 is 0 Å². The number of amides is 1. The van der Waals surface area contributed by atoms with Crippen molar-refractivity contribution in [2.45, 2.75) is 52.6 Å². The van der Waals surface area contributed by atoms with Crippen LogP contribution in [0.3, 0.4) is 0 Å². The number of carbonyl (C=O) groups is 2. The fourth-order valence-corrected chi connectivity index (χ4v) is 3.63. The first-order valence-electron chi connectivity index (χ1n) is 8.32. The Morgan fingerprint density at radius 2 is 1.87 bits per heavy atom. The average Bonchev–Trinajstić information content (AvgIpc) is 2.71. The van der Waals surface area contributed by atoms with Gasteiger partial charge in [-0.3, -0.25) is 4.79 Å². The van der Waals surface area contributed by atoms with Gasteiger partial charge in [-0.05, 0) is 58.6 Å². The van der Waals surface area contributed by atoms with Gasteiger partial charge in [0.05, 0.1) is 0 Å². The summed E-state index contributed by atoms with van der Waals surface area (Å²) >= 11 is 0. The lowest BCUT2D eigenvalue weighted by Crippen LogP contribution is -2.47. The number of nitrogens with zero attached hydrogens (tertiary/aromatic N) is 1. The summed E-state index contributed by atoms with van der Waals surface area (Å²) in [5, 5.41) is 0. The zero-order valence-electron chi connectivity index (χ0n) is 14.4. The van der Waals surface area contributed by atoms with E-state index in [1.54, 1.807) is 4.90 Å². The van der Waals surface area contributed by atoms with Crippen LogP contribution in [0, 0.1) is 12.3 Å². The molecular formula is C19H25NO3. The minimum Gasteiger partial charge on any atom is -0.444 e. The summed E-state index contributed by atoms with van der Waals surface area (Å²) in [6, 6.07) is 6.16. The van der Waals surface area contributed by atoms with Gasteiger partial charge in [-0.15, -0.1) is 0 Å². The van der Waals surface area contributed by atoms with Crippen molar-refractivity contribution in [3.8, 4) is 0 Å². The first kappa shape index (κ1) is 16.0. The van der Waals surface area contributed by atoms with Crippen molar-refractivity contribution in [1.29, 1.82) is 0 Å². The third kappa shape index (κ3) is 2.99. The van der Waals surface area contributed by atoms with E-state index in [-0.39, 0.29) is 17.3 Å². The Kier molecular flexibility index (Phi) is 3.74. The van der Waals surface area contributed by atoms with Gasteiger partial charge in [0.1, 0.15) is 5.60 Å². The first-order chi connectivity index (χ1) is 10.7. The summed E-state index contributed by atoms with van der Waals surface area (Å²) in [5.74, 6) is 0.264. The van der Waals surface area contributed by atoms with Gasteiger partial charge in [0.2, 0.25) is 0 Å². The van der Waals surface area contributed by atoms with E-state index in [2.05, 4.69) is 12.1 Å². The number of aryl methyl sites for hydroxylation is 1. The second kappa shape index (κ2) is 5.36. The Labute approximate surface area is 137 Å². The molecule has 0 saturated carbocycles. The SMILES string of the molecule is Cc1ccc2c(c1)C(=O)C1(CCN(C(=O)OC(C)(C)C)CC1)C2. The van der Waals surface area contributed by atoms with Gasteiger partial charge < -0.3 is 9.64 Å². The molecule has 0 atom stereocenters. The first-order valence-corrected chi connectivity index (χ1v) is 8.32. The number of benzene rings is 1. The molecule has 0 N–H and O–H groups in total. The highest BCUT2D eigenvalue weighted by molar-refractivity contribution is 6.05. The maximum atomic E-state index is 12.9. The van der Waals surface area contributed by atoms with Crippen LogP contribution in [0.25, 0.3) is 0 Å². The molecule has 1 aliphatic heterocycles. The Morgan fingerprint density at radius 3 is 2.48 bits per heavy atom. The summed E-state index contributed by atoms with van der Waals surface area (Å²) in [6.45, 7) is 8.81. The molecule has 4 heteroatoms. The number of likely N-dealkylation sites (tertiary alicyclic amines) is 1. The van der Waals surface area contributed by atoms with Crippen LogP contribution in [-0.4, -0.2) is 35.5 Å². The lowest BCUT2D eigenvalue weighted by molar-refractivity contribution is 0.0114.